The number of hydrogen-bond donors (Lipinski definition) is 3. The summed E-state index contributed by atoms with van der Waals surface area (Å²) in [6.07, 6.45) is -3.17. The summed E-state index contributed by atoms with van der Waals surface area (Å²) in [4.78, 5) is 10.5. The van der Waals surface area contributed by atoms with Crippen LogP contribution in [0.25, 0.3) is 0 Å². The molecule has 4 nitrogen and oxygen atoms in total. The molecule has 1 aliphatic rings. The SMILES string of the molecule is O=C1O[C@H](CS)[C@@H](O)[C@H]1O. The fourth-order valence-corrected chi connectivity index (χ4v) is 1.07. The topological polar surface area (TPSA) is 66.8 Å². The Hall–Kier alpha value is -0.260. The molecule has 5 heteroatoms. The fourth-order valence-electron chi connectivity index (χ4n) is 0.777. The summed E-state index contributed by atoms with van der Waals surface area (Å²) in [7, 11) is 0. The van der Waals surface area contributed by atoms with Crippen LogP contribution in [-0.2, 0) is 9.53 Å². The van der Waals surface area contributed by atoms with Crippen LogP contribution in [0.1, 0.15) is 0 Å². The van der Waals surface area contributed by atoms with Gasteiger partial charge in [0.2, 0.25) is 0 Å². The summed E-state index contributed by atoms with van der Waals surface area (Å²) in [6.45, 7) is 0. The molecule has 1 saturated heterocycles. The molecule has 0 unspecified atom stereocenters. The number of aliphatic hydroxyl groups is 2. The molecular weight excluding hydrogens is 156 g/mol. The van der Waals surface area contributed by atoms with Crippen LogP contribution in [0, 0.1) is 0 Å². The Morgan fingerprint density at radius 3 is 2.40 bits per heavy atom. The predicted octanol–water partition coefficient (Wildman–Crippen LogP) is -1.44. The molecule has 0 bridgehead atoms. The third-order valence-corrected chi connectivity index (χ3v) is 1.75. The highest BCUT2D eigenvalue weighted by atomic mass is 32.1. The molecule has 0 saturated carbocycles. The number of thiol groups is 1. The van der Waals surface area contributed by atoms with E-state index in [1.54, 1.807) is 0 Å². The second kappa shape index (κ2) is 2.77. The third-order valence-electron chi connectivity index (χ3n) is 1.39. The lowest BCUT2D eigenvalue weighted by Gasteiger charge is -2.08. The Labute approximate surface area is 63.2 Å². The summed E-state index contributed by atoms with van der Waals surface area (Å²) < 4.78 is 4.52. The van der Waals surface area contributed by atoms with Gasteiger partial charge in [-0.2, -0.15) is 12.6 Å². The maximum Gasteiger partial charge on any atom is 0.338 e. The molecule has 58 valence electrons. The van der Waals surface area contributed by atoms with Gasteiger partial charge in [0.05, 0.1) is 0 Å². The van der Waals surface area contributed by atoms with Crippen LogP contribution in [0.5, 0.6) is 0 Å². The molecule has 1 fully saturated rings. The maximum atomic E-state index is 10.5. The van der Waals surface area contributed by atoms with Crippen molar-refractivity contribution in [2.75, 3.05) is 5.75 Å². The van der Waals surface area contributed by atoms with E-state index in [1.807, 2.05) is 0 Å². The first-order valence-corrected chi connectivity index (χ1v) is 3.47. The molecule has 10 heavy (non-hydrogen) atoms. The van der Waals surface area contributed by atoms with Crippen LogP contribution in [-0.4, -0.2) is 40.2 Å². The molecule has 0 aromatic carbocycles. The van der Waals surface area contributed by atoms with E-state index in [0.717, 1.165) is 0 Å². The smallest absolute Gasteiger partial charge is 0.338 e. The summed E-state index contributed by atoms with van der Waals surface area (Å²) >= 11 is 3.81. The molecule has 2 N–H and O–H groups in total. The van der Waals surface area contributed by atoms with Gasteiger partial charge >= 0.3 is 5.97 Å². The minimum absolute atomic E-state index is 0.226. The zero-order valence-corrected chi connectivity index (χ0v) is 5.99. The molecule has 0 spiro atoms. The summed E-state index contributed by atoms with van der Waals surface area (Å²) in [5.74, 6) is -0.546. The Kier molecular flexibility index (Phi) is 2.18. The van der Waals surface area contributed by atoms with Crippen molar-refractivity contribution < 1.29 is 19.7 Å². The van der Waals surface area contributed by atoms with E-state index < -0.39 is 24.3 Å². The number of esters is 1. The first kappa shape index (κ1) is 7.84. The predicted molar refractivity (Wildman–Crippen MR) is 35.7 cm³/mol. The molecule has 0 amide bonds. The van der Waals surface area contributed by atoms with Crippen molar-refractivity contribution in [3.63, 3.8) is 0 Å². The average Bonchev–Trinajstić information content (AvgIpc) is 2.17. The Bertz CT molecular complexity index is 149. The van der Waals surface area contributed by atoms with Gasteiger partial charge < -0.3 is 14.9 Å². The Morgan fingerprint density at radius 2 is 2.20 bits per heavy atom. The van der Waals surface area contributed by atoms with Crippen molar-refractivity contribution in [3.05, 3.63) is 0 Å². The van der Waals surface area contributed by atoms with E-state index in [0.29, 0.717) is 0 Å². The van der Waals surface area contributed by atoms with Crippen LogP contribution < -0.4 is 0 Å². The molecular formula is C5H8O4S. The van der Waals surface area contributed by atoms with Crippen molar-refractivity contribution in [1.29, 1.82) is 0 Å². The molecule has 0 aromatic heterocycles. The first-order valence-electron chi connectivity index (χ1n) is 2.84. The minimum atomic E-state index is -1.39. The van der Waals surface area contributed by atoms with Gasteiger partial charge in [-0.3, -0.25) is 0 Å². The van der Waals surface area contributed by atoms with Crippen molar-refractivity contribution >= 4 is 18.6 Å². The summed E-state index contributed by atoms with van der Waals surface area (Å²) in [5, 5.41) is 17.8. The van der Waals surface area contributed by atoms with Gasteiger partial charge in [-0.05, 0) is 0 Å². The summed E-state index contributed by atoms with van der Waals surface area (Å²) in [6, 6.07) is 0. The van der Waals surface area contributed by atoms with E-state index >= 15 is 0 Å². The Morgan fingerprint density at radius 1 is 1.60 bits per heavy atom. The van der Waals surface area contributed by atoms with Gasteiger partial charge in [-0.15, -0.1) is 0 Å². The quantitative estimate of drug-likeness (QED) is 0.328. The van der Waals surface area contributed by atoms with Crippen LogP contribution in [0.2, 0.25) is 0 Å². The van der Waals surface area contributed by atoms with Crippen LogP contribution >= 0.6 is 12.6 Å². The molecule has 3 atom stereocenters. The van der Waals surface area contributed by atoms with Gasteiger partial charge in [0.25, 0.3) is 0 Å². The lowest BCUT2D eigenvalue weighted by atomic mass is 10.2. The number of aliphatic hydroxyl groups excluding tert-OH is 2. The maximum absolute atomic E-state index is 10.5. The number of ether oxygens (including phenoxy) is 1. The monoisotopic (exact) mass is 164 g/mol. The van der Waals surface area contributed by atoms with Gasteiger partial charge in [-0.1, -0.05) is 0 Å². The normalized spacial score (nSPS) is 39.9. The van der Waals surface area contributed by atoms with Crippen LogP contribution in [0.15, 0.2) is 0 Å². The van der Waals surface area contributed by atoms with Crippen molar-refractivity contribution in [1.82, 2.24) is 0 Å². The Balaban J connectivity index is 2.61. The average molecular weight is 164 g/mol. The van der Waals surface area contributed by atoms with Crippen molar-refractivity contribution in [2.24, 2.45) is 0 Å². The zero-order valence-electron chi connectivity index (χ0n) is 5.10. The second-order valence-corrected chi connectivity index (χ2v) is 2.46. The number of cyclic esters (lactones) is 1. The fraction of sp³-hybridized carbons (Fsp3) is 0.800. The van der Waals surface area contributed by atoms with Gasteiger partial charge in [0.15, 0.2) is 6.10 Å². The van der Waals surface area contributed by atoms with E-state index in [2.05, 4.69) is 17.4 Å². The zero-order chi connectivity index (χ0) is 7.72. The number of carbonyl (C=O) groups excluding carboxylic acids is 1. The third kappa shape index (κ3) is 1.12. The molecule has 1 heterocycles. The highest BCUT2D eigenvalue weighted by Crippen LogP contribution is 2.16. The number of carbonyl (C=O) groups is 1. The van der Waals surface area contributed by atoms with Gasteiger partial charge in [0, 0.05) is 5.75 Å². The second-order valence-electron chi connectivity index (χ2n) is 2.09. The van der Waals surface area contributed by atoms with Crippen molar-refractivity contribution in [3.8, 4) is 0 Å². The highest BCUT2D eigenvalue weighted by molar-refractivity contribution is 7.80. The van der Waals surface area contributed by atoms with E-state index in [4.69, 9.17) is 10.2 Å². The van der Waals surface area contributed by atoms with Gasteiger partial charge in [0.1, 0.15) is 12.2 Å². The minimum Gasteiger partial charge on any atom is -0.457 e. The van der Waals surface area contributed by atoms with E-state index in [-0.39, 0.29) is 5.75 Å². The molecule has 0 radical (unpaired) electrons. The highest BCUT2D eigenvalue weighted by Gasteiger charge is 2.41. The van der Waals surface area contributed by atoms with Crippen LogP contribution in [0.4, 0.5) is 0 Å². The largest absolute Gasteiger partial charge is 0.457 e. The number of hydrogen-bond acceptors (Lipinski definition) is 5. The summed E-state index contributed by atoms with van der Waals surface area (Å²) in [5.41, 5.74) is 0. The van der Waals surface area contributed by atoms with E-state index in [1.165, 1.54) is 0 Å². The van der Waals surface area contributed by atoms with Gasteiger partial charge in [-0.25, -0.2) is 4.79 Å². The molecule has 1 aliphatic heterocycles. The van der Waals surface area contributed by atoms with Crippen LogP contribution in [0.3, 0.4) is 0 Å². The standard InChI is InChI=1S/C5H8O4S/c6-3-2(1-10)9-5(8)4(3)7/h2-4,6-7,10H,1H2/t2-,3-,4-/m1/s1. The lowest BCUT2D eigenvalue weighted by Crippen LogP contribution is -2.31. The van der Waals surface area contributed by atoms with E-state index in [9.17, 15) is 4.79 Å². The first-order chi connectivity index (χ1) is 4.66. The molecule has 1 rings (SSSR count). The lowest BCUT2D eigenvalue weighted by molar-refractivity contribution is -0.146. The number of rotatable bonds is 1. The molecule has 0 aliphatic carbocycles. The molecule has 0 aromatic rings. The van der Waals surface area contributed by atoms with Crippen molar-refractivity contribution in [2.45, 2.75) is 18.3 Å².